The number of carboxylic acid groups (broad SMARTS) is 1. The lowest BCUT2D eigenvalue weighted by Gasteiger charge is -2.02. The van der Waals surface area contributed by atoms with E-state index in [9.17, 15) is 4.79 Å². The molecule has 2 rings (SSSR count). The van der Waals surface area contributed by atoms with Crippen LogP contribution in [0, 0.1) is 0 Å². The molecule has 2 aromatic rings. The normalized spacial score (nSPS) is 11.3. The Kier molecular flexibility index (Phi) is 5.39. The quantitative estimate of drug-likeness (QED) is 0.593. The number of thiophene rings is 1. The number of fused-ring (bicyclic) bond motifs is 1. The summed E-state index contributed by atoms with van der Waals surface area (Å²) >= 11 is 1.62. The van der Waals surface area contributed by atoms with E-state index >= 15 is 0 Å². The van der Waals surface area contributed by atoms with Gasteiger partial charge < -0.3 is 9.84 Å². The molecule has 3 nitrogen and oxygen atoms in total. The van der Waals surface area contributed by atoms with Crippen LogP contribution in [0.5, 0.6) is 5.75 Å². The van der Waals surface area contributed by atoms with Crippen LogP contribution >= 0.6 is 11.3 Å². The summed E-state index contributed by atoms with van der Waals surface area (Å²) in [4.78, 5) is 11.8. The van der Waals surface area contributed by atoms with E-state index in [2.05, 4.69) is 13.0 Å². The third-order valence-corrected chi connectivity index (χ3v) is 4.60. The highest BCUT2D eigenvalue weighted by Crippen LogP contribution is 2.35. The van der Waals surface area contributed by atoms with Gasteiger partial charge >= 0.3 is 5.97 Å². The standard InChI is InChI=1S/C17H20O3S/c1-3-4-5-6-13-14-8-7-12(20-2)11-16(14)21-15(13)9-10-17(18)19/h7-11H,3-6H2,1-2H3,(H,18,19). The molecule has 0 aliphatic heterocycles. The molecule has 0 saturated carbocycles. The van der Waals surface area contributed by atoms with Crippen LogP contribution in [-0.2, 0) is 11.2 Å². The van der Waals surface area contributed by atoms with E-state index in [0.29, 0.717) is 0 Å². The van der Waals surface area contributed by atoms with Crippen LogP contribution in [0.25, 0.3) is 16.2 Å². The molecule has 1 heterocycles. The number of ether oxygens (including phenoxy) is 1. The van der Waals surface area contributed by atoms with Gasteiger partial charge in [-0.05, 0) is 48.1 Å². The molecule has 0 unspecified atom stereocenters. The van der Waals surface area contributed by atoms with Gasteiger partial charge in [0.05, 0.1) is 7.11 Å². The molecule has 0 saturated heterocycles. The van der Waals surface area contributed by atoms with Crippen molar-refractivity contribution in [3.8, 4) is 5.75 Å². The van der Waals surface area contributed by atoms with Crippen LogP contribution < -0.4 is 4.74 Å². The predicted molar refractivity (Wildman–Crippen MR) is 88.3 cm³/mol. The lowest BCUT2D eigenvalue weighted by atomic mass is 10.0. The summed E-state index contributed by atoms with van der Waals surface area (Å²) in [7, 11) is 1.65. The minimum Gasteiger partial charge on any atom is -0.497 e. The number of benzene rings is 1. The minimum absolute atomic E-state index is 0.831. The van der Waals surface area contributed by atoms with Gasteiger partial charge in [-0.1, -0.05) is 19.8 Å². The van der Waals surface area contributed by atoms with Gasteiger partial charge in [0.1, 0.15) is 5.75 Å². The predicted octanol–water partition coefficient (Wildman–Crippen LogP) is 4.74. The molecule has 0 aliphatic rings. The van der Waals surface area contributed by atoms with Gasteiger partial charge in [-0.2, -0.15) is 0 Å². The van der Waals surface area contributed by atoms with Gasteiger partial charge in [-0.15, -0.1) is 11.3 Å². The van der Waals surface area contributed by atoms with Crippen molar-refractivity contribution >= 4 is 33.5 Å². The number of aryl methyl sites for hydroxylation is 1. The van der Waals surface area contributed by atoms with Gasteiger partial charge in [-0.3, -0.25) is 0 Å². The Labute approximate surface area is 128 Å². The average molecular weight is 304 g/mol. The highest BCUT2D eigenvalue weighted by molar-refractivity contribution is 7.20. The fourth-order valence-corrected chi connectivity index (χ4v) is 3.55. The minimum atomic E-state index is -0.912. The maximum atomic E-state index is 10.8. The van der Waals surface area contributed by atoms with Crippen molar-refractivity contribution in [1.29, 1.82) is 0 Å². The molecule has 1 N–H and O–H groups in total. The molecule has 0 aliphatic carbocycles. The smallest absolute Gasteiger partial charge is 0.328 e. The number of methoxy groups -OCH3 is 1. The van der Waals surface area contributed by atoms with Gasteiger partial charge in [0, 0.05) is 15.7 Å². The highest BCUT2D eigenvalue weighted by Gasteiger charge is 2.11. The van der Waals surface area contributed by atoms with E-state index in [1.807, 2.05) is 12.1 Å². The largest absolute Gasteiger partial charge is 0.497 e. The third-order valence-electron chi connectivity index (χ3n) is 3.44. The Morgan fingerprint density at radius 2 is 2.19 bits per heavy atom. The first-order chi connectivity index (χ1) is 10.2. The Bertz CT molecular complexity index is 655. The lowest BCUT2D eigenvalue weighted by Crippen LogP contribution is -1.89. The summed E-state index contributed by atoms with van der Waals surface area (Å²) in [5.74, 6) is -0.0813. The van der Waals surface area contributed by atoms with Gasteiger partial charge in [0.2, 0.25) is 0 Å². The van der Waals surface area contributed by atoms with Crippen molar-refractivity contribution < 1.29 is 14.6 Å². The van der Waals surface area contributed by atoms with Crippen LogP contribution in [0.2, 0.25) is 0 Å². The number of hydrogen-bond donors (Lipinski definition) is 1. The SMILES string of the molecule is CCCCCc1c(C=CC(=O)O)sc2cc(OC)ccc12. The molecule has 21 heavy (non-hydrogen) atoms. The lowest BCUT2D eigenvalue weighted by molar-refractivity contribution is -0.131. The number of carboxylic acids is 1. The number of unbranched alkanes of at least 4 members (excludes halogenated alkanes) is 2. The fraction of sp³-hybridized carbons (Fsp3) is 0.353. The monoisotopic (exact) mass is 304 g/mol. The summed E-state index contributed by atoms with van der Waals surface area (Å²) in [6.07, 6.45) is 7.40. The zero-order valence-electron chi connectivity index (χ0n) is 12.4. The first kappa shape index (κ1) is 15.6. The van der Waals surface area contributed by atoms with Crippen LogP contribution in [0.1, 0.15) is 36.6 Å². The molecule has 0 amide bonds. The number of aliphatic carboxylic acids is 1. The van der Waals surface area contributed by atoms with E-state index < -0.39 is 5.97 Å². The van der Waals surface area contributed by atoms with Crippen LogP contribution in [0.15, 0.2) is 24.3 Å². The van der Waals surface area contributed by atoms with Gasteiger partial charge in [0.15, 0.2) is 0 Å². The number of hydrogen-bond acceptors (Lipinski definition) is 3. The Morgan fingerprint density at radius 3 is 2.86 bits per heavy atom. The molecular weight excluding hydrogens is 284 g/mol. The van der Waals surface area contributed by atoms with Crippen molar-refractivity contribution in [2.75, 3.05) is 7.11 Å². The molecule has 4 heteroatoms. The molecule has 0 spiro atoms. The molecule has 1 aromatic heterocycles. The molecular formula is C17H20O3S. The molecule has 0 atom stereocenters. The second-order valence-electron chi connectivity index (χ2n) is 4.94. The fourth-order valence-electron chi connectivity index (χ4n) is 2.37. The molecule has 0 fully saturated rings. The second kappa shape index (κ2) is 7.27. The number of carbonyl (C=O) groups is 1. The van der Waals surface area contributed by atoms with Crippen molar-refractivity contribution in [1.82, 2.24) is 0 Å². The third kappa shape index (κ3) is 3.85. The molecule has 1 aromatic carbocycles. The maximum absolute atomic E-state index is 10.8. The molecule has 0 radical (unpaired) electrons. The highest BCUT2D eigenvalue weighted by atomic mass is 32.1. The Balaban J connectivity index is 2.42. The van der Waals surface area contributed by atoms with Crippen molar-refractivity contribution in [2.24, 2.45) is 0 Å². The van der Waals surface area contributed by atoms with Gasteiger partial charge in [-0.25, -0.2) is 4.79 Å². The van der Waals surface area contributed by atoms with E-state index in [1.165, 1.54) is 29.9 Å². The summed E-state index contributed by atoms with van der Waals surface area (Å²) in [5, 5.41) is 10.0. The van der Waals surface area contributed by atoms with Crippen molar-refractivity contribution in [3.63, 3.8) is 0 Å². The van der Waals surface area contributed by atoms with E-state index in [-0.39, 0.29) is 0 Å². The average Bonchev–Trinajstić information content (AvgIpc) is 2.82. The van der Waals surface area contributed by atoms with Crippen LogP contribution in [0.4, 0.5) is 0 Å². The summed E-state index contributed by atoms with van der Waals surface area (Å²) in [5.41, 5.74) is 1.25. The molecule has 112 valence electrons. The first-order valence-corrected chi connectivity index (χ1v) is 7.97. The Morgan fingerprint density at radius 1 is 1.38 bits per heavy atom. The van der Waals surface area contributed by atoms with Crippen LogP contribution in [0.3, 0.4) is 0 Å². The number of rotatable bonds is 7. The Hall–Kier alpha value is -1.81. The van der Waals surface area contributed by atoms with E-state index in [1.54, 1.807) is 24.5 Å². The van der Waals surface area contributed by atoms with Crippen molar-refractivity contribution in [2.45, 2.75) is 32.6 Å². The first-order valence-electron chi connectivity index (χ1n) is 7.16. The van der Waals surface area contributed by atoms with E-state index in [0.717, 1.165) is 28.2 Å². The summed E-state index contributed by atoms with van der Waals surface area (Å²) in [6, 6.07) is 6.05. The summed E-state index contributed by atoms with van der Waals surface area (Å²) < 4.78 is 6.41. The van der Waals surface area contributed by atoms with E-state index in [4.69, 9.17) is 9.84 Å². The maximum Gasteiger partial charge on any atom is 0.328 e. The second-order valence-corrected chi connectivity index (χ2v) is 6.02. The zero-order chi connectivity index (χ0) is 15.2. The zero-order valence-corrected chi connectivity index (χ0v) is 13.2. The molecule has 0 bridgehead atoms. The van der Waals surface area contributed by atoms with Crippen LogP contribution in [-0.4, -0.2) is 18.2 Å². The topological polar surface area (TPSA) is 46.5 Å². The van der Waals surface area contributed by atoms with Crippen molar-refractivity contribution in [3.05, 3.63) is 34.7 Å². The van der Waals surface area contributed by atoms with Gasteiger partial charge in [0.25, 0.3) is 0 Å². The summed E-state index contributed by atoms with van der Waals surface area (Å²) in [6.45, 7) is 2.18.